The van der Waals surface area contributed by atoms with Crippen molar-refractivity contribution < 1.29 is 19.1 Å². The highest BCUT2D eigenvalue weighted by molar-refractivity contribution is 6.35. The third-order valence-electron chi connectivity index (χ3n) is 5.99. The van der Waals surface area contributed by atoms with Crippen molar-refractivity contribution in [1.29, 1.82) is 0 Å². The Balaban J connectivity index is 1.84. The molecule has 0 radical (unpaired) electrons. The van der Waals surface area contributed by atoms with Gasteiger partial charge >= 0.3 is 0 Å². The molecule has 2 atom stereocenters. The lowest BCUT2D eigenvalue weighted by Gasteiger charge is -2.37. The minimum atomic E-state index is -0.189. The molecule has 0 aliphatic carbocycles. The standard InChI is InChI=1S/C25H36N2O4/c1-5-6-7-8-9-10-15-27-24(28)22(20-11-13-21(30-4)14-12-20)23(25(27)29)26-16-18(2)31-19(3)17-26/h11-14,18-19H,5-10,15-17H2,1-4H3. The van der Waals surface area contributed by atoms with Crippen molar-refractivity contribution in [2.24, 2.45) is 0 Å². The third-order valence-corrected chi connectivity index (χ3v) is 5.99. The third kappa shape index (κ3) is 5.48. The Bertz CT molecular complexity index is 792. The number of hydrogen-bond acceptors (Lipinski definition) is 5. The van der Waals surface area contributed by atoms with Gasteiger partial charge in [-0.1, -0.05) is 51.2 Å². The molecule has 3 rings (SSSR count). The Morgan fingerprint density at radius 1 is 0.935 bits per heavy atom. The number of imide groups is 1. The lowest BCUT2D eigenvalue weighted by Crippen LogP contribution is -2.47. The zero-order chi connectivity index (χ0) is 22.4. The molecule has 1 aromatic rings. The van der Waals surface area contributed by atoms with Crippen LogP contribution in [0.5, 0.6) is 5.75 Å². The van der Waals surface area contributed by atoms with Crippen LogP contribution in [0.4, 0.5) is 0 Å². The number of benzene rings is 1. The number of unbranched alkanes of at least 4 members (excludes halogenated alkanes) is 5. The first-order valence-corrected chi connectivity index (χ1v) is 11.6. The molecule has 0 aromatic heterocycles. The number of hydrogen-bond donors (Lipinski definition) is 0. The second-order valence-electron chi connectivity index (χ2n) is 8.64. The second-order valence-corrected chi connectivity index (χ2v) is 8.64. The summed E-state index contributed by atoms with van der Waals surface area (Å²) < 4.78 is 11.1. The van der Waals surface area contributed by atoms with E-state index >= 15 is 0 Å². The predicted octanol–water partition coefficient (Wildman–Crippen LogP) is 4.24. The fraction of sp³-hybridized carbons (Fsp3) is 0.600. The van der Waals surface area contributed by atoms with E-state index in [0.29, 0.717) is 30.9 Å². The summed E-state index contributed by atoms with van der Waals surface area (Å²) in [6.07, 6.45) is 6.69. The molecule has 0 saturated carbocycles. The molecule has 1 saturated heterocycles. The van der Waals surface area contributed by atoms with Gasteiger partial charge in [-0.05, 0) is 38.0 Å². The first-order chi connectivity index (χ1) is 15.0. The molecule has 0 bridgehead atoms. The van der Waals surface area contributed by atoms with Crippen LogP contribution in [-0.4, -0.2) is 60.6 Å². The molecule has 6 heteroatoms. The van der Waals surface area contributed by atoms with Crippen LogP contribution in [0.1, 0.15) is 64.9 Å². The van der Waals surface area contributed by atoms with Gasteiger partial charge in [0.1, 0.15) is 11.4 Å². The Kier molecular flexibility index (Phi) is 8.13. The van der Waals surface area contributed by atoms with Crippen molar-refractivity contribution in [3.05, 3.63) is 35.5 Å². The highest BCUT2D eigenvalue weighted by Gasteiger charge is 2.42. The number of carbonyl (C=O) groups is 2. The minimum Gasteiger partial charge on any atom is -0.497 e. The van der Waals surface area contributed by atoms with Crippen LogP contribution < -0.4 is 4.74 Å². The number of morpholine rings is 1. The summed E-state index contributed by atoms with van der Waals surface area (Å²) in [6.45, 7) is 7.88. The van der Waals surface area contributed by atoms with Gasteiger partial charge in [0.25, 0.3) is 11.8 Å². The maximum atomic E-state index is 13.4. The molecule has 2 heterocycles. The molecule has 2 aliphatic rings. The van der Waals surface area contributed by atoms with Gasteiger partial charge in [0, 0.05) is 19.6 Å². The summed E-state index contributed by atoms with van der Waals surface area (Å²) in [7, 11) is 1.61. The van der Waals surface area contributed by atoms with Gasteiger partial charge in [0.15, 0.2) is 0 Å². The van der Waals surface area contributed by atoms with Crippen LogP contribution in [0.3, 0.4) is 0 Å². The SMILES string of the molecule is CCCCCCCCN1C(=O)C(c2ccc(OC)cc2)=C(N2CC(C)OC(C)C2)C1=O. The zero-order valence-corrected chi connectivity index (χ0v) is 19.4. The molecule has 0 spiro atoms. The van der Waals surface area contributed by atoms with Crippen LogP contribution in [0.15, 0.2) is 30.0 Å². The van der Waals surface area contributed by atoms with E-state index in [1.807, 2.05) is 43.0 Å². The Morgan fingerprint density at radius 3 is 2.16 bits per heavy atom. The van der Waals surface area contributed by atoms with Crippen molar-refractivity contribution >= 4 is 17.4 Å². The lowest BCUT2D eigenvalue weighted by atomic mass is 10.0. The Morgan fingerprint density at radius 2 is 1.55 bits per heavy atom. The first-order valence-electron chi connectivity index (χ1n) is 11.6. The molecule has 2 aliphatic heterocycles. The van der Waals surface area contributed by atoms with Crippen LogP contribution in [0.25, 0.3) is 5.57 Å². The lowest BCUT2D eigenvalue weighted by molar-refractivity contribution is -0.138. The maximum Gasteiger partial charge on any atom is 0.277 e. The molecule has 2 unspecified atom stereocenters. The second kappa shape index (κ2) is 10.8. The molecular formula is C25H36N2O4. The summed E-state index contributed by atoms with van der Waals surface area (Å²) >= 11 is 0. The monoisotopic (exact) mass is 428 g/mol. The molecule has 6 nitrogen and oxygen atoms in total. The van der Waals surface area contributed by atoms with Gasteiger partial charge in [0.05, 0.1) is 24.9 Å². The Labute approximate surface area is 186 Å². The molecule has 170 valence electrons. The molecule has 31 heavy (non-hydrogen) atoms. The minimum absolute atomic E-state index is 0.00360. The molecular weight excluding hydrogens is 392 g/mol. The number of amides is 2. The average Bonchev–Trinajstić information content (AvgIpc) is 3.00. The van der Waals surface area contributed by atoms with Gasteiger partial charge < -0.3 is 14.4 Å². The van der Waals surface area contributed by atoms with E-state index in [4.69, 9.17) is 9.47 Å². The van der Waals surface area contributed by atoms with E-state index in [1.54, 1.807) is 7.11 Å². The van der Waals surface area contributed by atoms with Crippen molar-refractivity contribution in [3.63, 3.8) is 0 Å². The van der Waals surface area contributed by atoms with E-state index in [1.165, 1.54) is 24.2 Å². The fourth-order valence-corrected chi connectivity index (χ4v) is 4.49. The smallest absolute Gasteiger partial charge is 0.277 e. The van der Waals surface area contributed by atoms with Crippen molar-refractivity contribution in [2.75, 3.05) is 26.7 Å². The molecule has 1 aromatic carbocycles. The largest absolute Gasteiger partial charge is 0.497 e. The van der Waals surface area contributed by atoms with E-state index in [-0.39, 0.29) is 24.0 Å². The zero-order valence-electron chi connectivity index (χ0n) is 19.4. The molecule has 0 N–H and O–H groups in total. The topological polar surface area (TPSA) is 59.1 Å². The average molecular weight is 429 g/mol. The predicted molar refractivity (Wildman–Crippen MR) is 122 cm³/mol. The van der Waals surface area contributed by atoms with E-state index in [2.05, 4.69) is 6.92 Å². The van der Waals surface area contributed by atoms with E-state index in [9.17, 15) is 9.59 Å². The van der Waals surface area contributed by atoms with Gasteiger partial charge in [-0.3, -0.25) is 14.5 Å². The first kappa shape index (κ1) is 23.3. The summed E-state index contributed by atoms with van der Waals surface area (Å²) in [5, 5.41) is 0. The van der Waals surface area contributed by atoms with Crippen molar-refractivity contribution in [3.8, 4) is 5.75 Å². The van der Waals surface area contributed by atoms with Crippen LogP contribution >= 0.6 is 0 Å². The van der Waals surface area contributed by atoms with Gasteiger partial charge in [-0.2, -0.15) is 0 Å². The molecule has 1 fully saturated rings. The number of ether oxygens (including phenoxy) is 2. The van der Waals surface area contributed by atoms with Crippen LogP contribution in [0.2, 0.25) is 0 Å². The number of methoxy groups -OCH3 is 1. The number of nitrogens with zero attached hydrogens (tertiary/aromatic N) is 2. The highest BCUT2D eigenvalue weighted by atomic mass is 16.5. The summed E-state index contributed by atoms with van der Waals surface area (Å²) in [4.78, 5) is 30.3. The molecule has 2 amide bonds. The quantitative estimate of drug-likeness (QED) is 0.412. The van der Waals surface area contributed by atoms with E-state index < -0.39 is 0 Å². The van der Waals surface area contributed by atoms with Crippen LogP contribution in [0, 0.1) is 0 Å². The summed E-state index contributed by atoms with van der Waals surface area (Å²) in [5.74, 6) is 0.358. The Hall–Kier alpha value is -2.34. The van der Waals surface area contributed by atoms with Gasteiger partial charge in [-0.25, -0.2) is 0 Å². The summed E-state index contributed by atoms with van der Waals surface area (Å²) in [5.41, 5.74) is 1.77. The summed E-state index contributed by atoms with van der Waals surface area (Å²) in [6, 6.07) is 7.39. The maximum absolute atomic E-state index is 13.4. The fourth-order valence-electron chi connectivity index (χ4n) is 4.49. The number of carbonyl (C=O) groups excluding carboxylic acids is 2. The van der Waals surface area contributed by atoms with Crippen molar-refractivity contribution in [1.82, 2.24) is 9.80 Å². The number of rotatable bonds is 10. The highest BCUT2D eigenvalue weighted by Crippen LogP contribution is 2.34. The van der Waals surface area contributed by atoms with Gasteiger partial charge in [-0.15, -0.1) is 0 Å². The van der Waals surface area contributed by atoms with E-state index in [0.717, 1.165) is 30.6 Å². The van der Waals surface area contributed by atoms with Gasteiger partial charge in [0.2, 0.25) is 0 Å². The van der Waals surface area contributed by atoms with Crippen molar-refractivity contribution in [2.45, 2.75) is 71.5 Å². The van der Waals surface area contributed by atoms with Crippen LogP contribution in [-0.2, 0) is 14.3 Å². The normalized spacial score (nSPS) is 21.9.